The molecular formula is C19H18N6O. The monoisotopic (exact) mass is 346 g/mol. The molecule has 7 heteroatoms. The van der Waals surface area contributed by atoms with Crippen LogP contribution in [0.15, 0.2) is 48.8 Å². The third kappa shape index (κ3) is 3.19. The third-order valence-electron chi connectivity index (χ3n) is 4.29. The van der Waals surface area contributed by atoms with E-state index in [4.69, 9.17) is 0 Å². The van der Waals surface area contributed by atoms with Crippen molar-refractivity contribution in [2.75, 3.05) is 0 Å². The highest BCUT2D eigenvalue weighted by Gasteiger charge is 2.13. The molecule has 0 bridgehead atoms. The van der Waals surface area contributed by atoms with Crippen LogP contribution in [0.1, 0.15) is 17.1 Å². The van der Waals surface area contributed by atoms with Crippen molar-refractivity contribution in [2.24, 2.45) is 0 Å². The average molecular weight is 346 g/mol. The predicted molar refractivity (Wildman–Crippen MR) is 98.2 cm³/mol. The molecule has 0 saturated carbocycles. The molecule has 3 heterocycles. The second-order valence-electron chi connectivity index (χ2n) is 6.07. The number of benzene rings is 1. The SMILES string of the molecule is Cc1[nH]c2ccccc2c1CC(=O)NCc1nc(-c2ccncc2)n[nH]1. The fourth-order valence-electron chi connectivity index (χ4n) is 2.97. The van der Waals surface area contributed by atoms with Gasteiger partial charge in [0.1, 0.15) is 5.82 Å². The maximum absolute atomic E-state index is 12.4. The van der Waals surface area contributed by atoms with Crippen molar-refractivity contribution in [2.45, 2.75) is 19.9 Å². The zero-order chi connectivity index (χ0) is 17.9. The predicted octanol–water partition coefficient (Wildman–Crippen LogP) is 2.52. The van der Waals surface area contributed by atoms with Crippen LogP contribution in [-0.4, -0.2) is 31.1 Å². The lowest BCUT2D eigenvalue weighted by molar-refractivity contribution is -0.120. The van der Waals surface area contributed by atoms with Gasteiger partial charge in [-0.2, -0.15) is 5.10 Å². The lowest BCUT2D eigenvalue weighted by Gasteiger charge is -2.04. The van der Waals surface area contributed by atoms with Crippen LogP contribution < -0.4 is 5.32 Å². The fourth-order valence-corrected chi connectivity index (χ4v) is 2.97. The molecule has 0 aliphatic heterocycles. The Labute approximate surface area is 149 Å². The van der Waals surface area contributed by atoms with E-state index >= 15 is 0 Å². The minimum Gasteiger partial charge on any atom is -0.358 e. The van der Waals surface area contributed by atoms with E-state index < -0.39 is 0 Å². The summed E-state index contributed by atoms with van der Waals surface area (Å²) >= 11 is 0. The molecule has 1 amide bonds. The van der Waals surface area contributed by atoms with E-state index in [1.54, 1.807) is 12.4 Å². The van der Waals surface area contributed by atoms with Crippen LogP contribution in [-0.2, 0) is 17.8 Å². The maximum Gasteiger partial charge on any atom is 0.224 e. The number of pyridine rings is 1. The Hall–Kier alpha value is -3.48. The summed E-state index contributed by atoms with van der Waals surface area (Å²) in [7, 11) is 0. The molecule has 0 radical (unpaired) electrons. The molecule has 130 valence electrons. The summed E-state index contributed by atoms with van der Waals surface area (Å²) in [6, 6.07) is 11.7. The molecule has 1 aromatic carbocycles. The van der Waals surface area contributed by atoms with E-state index in [9.17, 15) is 4.79 Å². The van der Waals surface area contributed by atoms with Crippen LogP contribution >= 0.6 is 0 Å². The maximum atomic E-state index is 12.4. The number of fused-ring (bicyclic) bond motifs is 1. The van der Waals surface area contributed by atoms with Gasteiger partial charge in [0, 0.05) is 34.6 Å². The highest BCUT2D eigenvalue weighted by molar-refractivity contribution is 5.90. The van der Waals surface area contributed by atoms with Gasteiger partial charge in [-0.15, -0.1) is 0 Å². The van der Waals surface area contributed by atoms with Gasteiger partial charge >= 0.3 is 0 Å². The Morgan fingerprint density at radius 2 is 1.96 bits per heavy atom. The summed E-state index contributed by atoms with van der Waals surface area (Å²) < 4.78 is 0. The van der Waals surface area contributed by atoms with Gasteiger partial charge < -0.3 is 10.3 Å². The molecule has 0 atom stereocenters. The number of nitrogens with one attached hydrogen (secondary N) is 3. The number of para-hydroxylation sites is 1. The topological polar surface area (TPSA) is 99.3 Å². The first kappa shape index (κ1) is 16.0. The molecule has 3 N–H and O–H groups in total. The molecule has 0 aliphatic rings. The molecule has 4 aromatic rings. The number of H-pyrrole nitrogens is 2. The summed E-state index contributed by atoms with van der Waals surface area (Å²) in [4.78, 5) is 24.1. The Kier molecular flexibility index (Phi) is 4.18. The number of amides is 1. The van der Waals surface area contributed by atoms with Crippen molar-refractivity contribution in [3.05, 3.63) is 65.9 Å². The first-order chi connectivity index (χ1) is 12.7. The number of rotatable bonds is 5. The van der Waals surface area contributed by atoms with E-state index in [0.717, 1.165) is 27.7 Å². The molecular weight excluding hydrogens is 328 g/mol. The third-order valence-corrected chi connectivity index (χ3v) is 4.29. The Balaban J connectivity index is 1.41. The van der Waals surface area contributed by atoms with Gasteiger partial charge in [-0.3, -0.25) is 14.9 Å². The van der Waals surface area contributed by atoms with Gasteiger partial charge in [0.15, 0.2) is 5.82 Å². The fraction of sp³-hybridized carbons (Fsp3) is 0.158. The summed E-state index contributed by atoms with van der Waals surface area (Å²) in [5.74, 6) is 1.14. The normalized spacial score (nSPS) is 11.0. The number of aryl methyl sites for hydroxylation is 1. The summed E-state index contributed by atoms with van der Waals surface area (Å²) in [5.41, 5.74) is 3.96. The number of carbonyl (C=O) groups is 1. The number of carbonyl (C=O) groups excluding carboxylic acids is 1. The minimum absolute atomic E-state index is 0.0558. The zero-order valence-electron chi connectivity index (χ0n) is 14.3. The molecule has 7 nitrogen and oxygen atoms in total. The molecule has 0 aliphatic carbocycles. The largest absolute Gasteiger partial charge is 0.358 e. The van der Waals surface area contributed by atoms with Crippen LogP contribution in [0, 0.1) is 6.92 Å². The molecule has 0 spiro atoms. The number of aromatic amines is 2. The van der Waals surface area contributed by atoms with Crippen molar-refractivity contribution < 1.29 is 4.79 Å². The van der Waals surface area contributed by atoms with Gasteiger partial charge in [-0.05, 0) is 30.7 Å². The van der Waals surface area contributed by atoms with Gasteiger partial charge in [0.25, 0.3) is 0 Å². The Morgan fingerprint density at radius 1 is 1.15 bits per heavy atom. The van der Waals surface area contributed by atoms with Crippen LogP contribution in [0.25, 0.3) is 22.3 Å². The van der Waals surface area contributed by atoms with E-state index in [-0.39, 0.29) is 5.91 Å². The van der Waals surface area contributed by atoms with Crippen LogP contribution in [0.2, 0.25) is 0 Å². The van der Waals surface area contributed by atoms with Crippen molar-refractivity contribution in [3.63, 3.8) is 0 Å². The van der Waals surface area contributed by atoms with Crippen LogP contribution in [0.4, 0.5) is 0 Å². The highest BCUT2D eigenvalue weighted by atomic mass is 16.1. The lowest BCUT2D eigenvalue weighted by Crippen LogP contribution is -2.25. The lowest BCUT2D eigenvalue weighted by atomic mass is 10.1. The zero-order valence-corrected chi connectivity index (χ0v) is 14.3. The van der Waals surface area contributed by atoms with E-state index in [1.807, 2.05) is 43.3 Å². The van der Waals surface area contributed by atoms with Gasteiger partial charge in [0.05, 0.1) is 13.0 Å². The highest BCUT2D eigenvalue weighted by Crippen LogP contribution is 2.22. The molecule has 26 heavy (non-hydrogen) atoms. The first-order valence-electron chi connectivity index (χ1n) is 8.35. The first-order valence-corrected chi connectivity index (χ1v) is 8.35. The van der Waals surface area contributed by atoms with E-state index in [0.29, 0.717) is 24.6 Å². The number of nitrogens with zero attached hydrogens (tertiary/aromatic N) is 3. The average Bonchev–Trinajstić information content (AvgIpc) is 3.26. The Bertz CT molecular complexity index is 1050. The molecule has 0 saturated heterocycles. The smallest absolute Gasteiger partial charge is 0.224 e. The number of aromatic nitrogens is 5. The second-order valence-corrected chi connectivity index (χ2v) is 6.07. The molecule has 4 rings (SSSR count). The van der Waals surface area contributed by atoms with Gasteiger partial charge in [-0.1, -0.05) is 18.2 Å². The van der Waals surface area contributed by atoms with Crippen molar-refractivity contribution in [1.29, 1.82) is 0 Å². The van der Waals surface area contributed by atoms with Crippen molar-refractivity contribution in [1.82, 2.24) is 30.5 Å². The van der Waals surface area contributed by atoms with Crippen LogP contribution in [0.5, 0.6) is 0 Å². The van der Waals surface area contributed by atoms with Crippen LogP contribution in [0.3, 0.4) is 0 Å². The molecule has 0 fully saturated rings. The van der Waals surface area contributed by atoms with Gasteiger partial charge in [-0.25, -0.2) is 4.98 Å². The summed E-state index contributed by atoms with van der Waals surface area (Å²) in [5, 5.41) is 11.0. The van der Waals surface area contributed by atoms with Gasteiger partial charge in [0.2, 0.25) is 5.91 Å². The molecule has 0 unspecified atom stereocenters. The standard InChI is InChI=1S/C19H18N6O/c1-12-15(14-4-2-3-5-16(14)22-12)10-18(26)21-11-17-23-19(25-24-17)13-6-8-20-9-7-13/h2-9,22H,10-11H2,1H3,(H,21,26)(H,23,24,25). The number of hydrogen-bond acceptors (Lipinski definition) is 4. The summed E-state index contributed by atoms with van der Waals surface area (Å²) in [6.45, 7) is 2.29. The summed E-state index contributed by atoms with van der Waals surface area (Å²) in [6.07, 6.45) is 3.70. The molecule has 3 aromatic heterocycles. The van der Waals surface area contributed by atoms with E-state index in [2.05, 4.69) is 30.5 Å². The van der Waals surface area contributed by atoms with E-state index in [1.165, 1.54) is 0 Å². The minimum atomic E-state index is -0.0558. The second kappa shape index (κ2) is 6.79. The number of hydrogen-bond donors (Lipinski definition) is 3. The van der Waals surface area contributed by atoms with Crippen molar-refractivity contribution >= 4 is 16.8 Å². The quantitative estimate of drug-likeness (QED) is 0.517. The van der Waals surface area contributed by atoms with Crippen molar-refractivity contribution in [3.8, 4) is 11.4 Å². The Morgan fingerprint density at radius 3 is 2.81 bits per heavy atom.